The lowest BCUT2D eigenvalue weighted by Gasteiger charge is -2.21. The van der Waals surface area contributed by atoms with E-state index in [0.717, 1.165) is 69.5 Å². The number of likely N-dealkylation sites (tertiary alicyclic amines) is 1. The number of aliphatic imine (C=N–C) groups is 1. The molecule has 182 valence electrons. The van der Waals surface area contributed by atoms with Crippen LogP contribution in [0.3, 0.4) is 0 Å². The smallest absolute Gasteiger partial charge is 0.193 e. The van der Waals surface area contributed by atoms with E-state index >= 15 is 0 Å². The van der Waals surface area contributed by atoms with E-state index in [2.05, 4.69) is 47.5 Å². The van der Waals surface area contributed by atoms with Gasteiger partial charge in [0.1, 0.15) is 0 Å². The SMILES string of the molecule is CCNC(=NCCCc1ccc(OC)c(OC)c1)N1CCC(COCc2ccccc2)C1.I. The van der Waals surface area contributed by atoms with Crippen molar-refractivity contribution in [2.75, 3.05) is 47.0 Å². The van der Waals surface area contributed by atoms with E-state index in [0.29, 0.717) is 12.5 Å². The second kappa shape index (κ2) is 15.0. The van der Waals surface area contributed by atoms with Crippen LogP contribution in [0, 0.1) is 5.92 Å². The van der Waals surface area contributed by atoms with Crippen LogP contribution in [0.15, 0.2) is 53.5 Å². The fourth-order valence-corrected chi connectivity index (χ4v) is 4.01. The molecular formula is C26H38IN3O3. The van der Waals surface area contributed by atoms with Crippen molar-refractivity contribution in [3.63, 3.8) is 0 Å². The lowest BCUT2D eigenvalue weighted by molar-refractivity contribution is 0.0907. The van der Waals surface area contributed by atoms with Gasteiger partial charge in [-0.05, 0) is 49.4 Å². The number of nitrogens with zero attached hydrogens (tertiary/aromatic N) is 2. The highest BCUT2D eigenvalue weighted by molar-refractivity contribution is 14.0. The summed E-state index contributed by atoms with van der Waals surface area (Å²) in [6, 6.07) is 16.5. The van der Waals surface area contributed by atoms with Gasteiger partial charge in [0.2, 0.25) is 0 Å². The molecule has 1 aliphatic rings. The lowest BCUT2D eigenvalue weighted by atomic mass is 10.1. The zero-order chi connectivity index (χ0) is 22.6. The minimum Gasteiger partial charge on any atom is -0.493 e. The number of hydrogen-bond acceptors (Lipinski definition) is 4. The van der Waals surface area contributed by atoms with E-state index in [1.807, 2.05) is 18.2 Å². The predicted molar refractivity (Wildman–Crippen MR) is 145 cm³/mol. The summed E-state index contributed by atoms with van der Waals surface area (Å²) in [6.45, 7) is 7.29. The quantitative estimate of drug-likeness (QED) is 0.184. The van der Waals surface area contributed by atoms with Crippen molar-refractivity contribution in [1.29, 1.82) is 0 Å². The van der Waals surface area contributed by atoms with Gasteiger partial charge in [-0.2, -0.15) is 0 Å². The molecule has 3 rings (SSSR count). The van der Waals surface area contributed by atoms with Gasteiger partial charge in [-0.25, -0.2) is 0 Å². The molecule has 0 radical (unpaired) electrons. The highest BCUT2D eigenvalue weighted by atomic mass is 127. The molecule has 1 unspecified atom stereocenters. The molecule has 1 fully saturated rings. The topological polar surface area (TPSA) is 55.3 Å². The Hall–Kier alpha value is -2.00. The molecule has 1 saturated heterocycles. The Labute approximate surface area is 215 Å². The molecule has 1 atom stereocenters. The van der Waals surface area contributed by atoms with Crippen molar-refractivity contribution in [3.05, 3.63) is 59.7 Å². The van der Waals surface area contributed by atoms with Gasteiger partial charge in [-0.15, -0.1) is 24.0 Å². The number of ether oxygens (including phenoxy) is 3. The molecule has 0 amide bonds. The lowest BCUT2D eigenvalue weighted by Crippen LogP contribution is -2.40. The van der Waals surface area contributed by atoms with Gasteiger partial charge >= 0.3 is 0 Å². The summed E-state index contributed by atoms with van der Waals surface area (Å²) in [7, 11) is 3.33. The van der Waals surface area contributed by atoms with Gasteiger partial charge in [0.25, 0.3) is 0 Å². The third-order valence-corrected chi connectivity index (χ3v) is 5.72. The summed E-state index contributed by atoms with van der Waals surface area (Å²) < 4.78 is 16.7. The molecule has 1 N–H and O–H groups in total. The fraction of sp³-hybridized carbons (Fsp3) is 0.500. The van der Waals surface area contributed by atoms with Crippen LogP contribution in [0.1, 0.15) is 30.9 Å². The van der Waals surface area contributed by atoms with Crippen molar-refractivity contribution in [2.45, 2.75) is 32.8 Å². The predicted octanol–water partition coefficient (Wildman–Crippen LogP) is 4.76. The van der Waals surface area contributed by atoms with Crippen LogP contribution in [0.25, 0.3) is 0 Å². The maximum atomic E-state index is 5.97. The normalized spacial score (nSPS) is 15.8. The largest absolute Gasteiger partial charge is 0.493 e. The Bertz CT molecular complexity index is 848. The number of guanidine groups is 1. The van der Waals surface area contributed by atoms with Gasteiger partial charge in [0.05, 0.1) is 27.4 Å². The van der Waals surface area contributed by atoms with Crippen LogP contribution in [0.2, 0.25) is 0 Å². The molecule has 6 nitrogen and oxygen atoms in total. The number of aryl methyl sites for hydroxylation is 1. The van der Waals surface area contributed by atoms with Crippen molar-refractivity contribution >= 4 is 29.9 Å². The molecule has 7 heteroatoms. The summed E-state index contributed by atoms with van der Waals surface area (Å²) in [6.07, 6.45) is 3.09. The number of halogens is 1. The third-order valence-electron chi connectivity index (χ3n) is 5.72. The van der Waals surface area contributed by atoms with Crippen molar-refractivity contribution < 1.29 is 14.2 Å². The maximum Gasteiger partial charge on any atom is 0.193 e. The molecule has 1 heterocycles. The maximum absolute atomic E-state index is 5.97. The second-order valence-electron chi connectivity index (χ2n) is 8.13. The van der Waals surface area contributed by atoms with E-state index in [1.54, 1.807) is 14.2 Å². The average molecular weight is 568 g/mol. The summed E-state index contributed by atoms with van der Waals surface area (Å²) in [5.74, 6) is 3.11. The summed E-state index contributed by atoms with van der Waals surface area (Å²) >= 11 is 0. The average Bonchev–Trinajstić information content (AvgIpc) is 3.30. The molecule has 0 bridgehead atoms. The zero-order valence-electron chi connectivity index (χ0n) is 20.1. The van der Waals surface area contributed by atoms with Crippen LogP contribution in [0.4, 0.5) is 0 Å². The first-order valence-corrected chi connectivity index (χ1v) is 11.6. The van der Waals surface area contributed by atoms with Crippen LogP contribution in [-0.2, 0) is 17.8 Å². The van der Waals surface area contributed by atoms with E-state index in [1.165, 1.54) is 11.1 Å². The van der Waals surface area contributed by atoms with E-state index < -0.39 is 0 Å². The second-order valence-corrected chi connectivity index (χ2v) is 8.13. The number of methoxy groups -OCH3 is 2. The molecule has 2 aromatic rings. The number of rotatable bonds is 11. The molecule has 1 aliphatic heterocycles. The number of hydrogen-bond donors (Lipinski definition) is 1. The van der Waals surface area contributed by atoms with Gasteiger partial charge in [-0.1, -0.05) is 36.4 Å². The Kier molecular flexibility index (Phi) is 12.4. The van der Waals surface area contributed by atoms with E-state index in [4.69, 9.17) is 19.2 Å². The Morgan fingerprint density at radius 1 is 1.06 bits per heavy atom. The highest BCUT2D eigenvalue weighted by Crippen LogP contribution is 2.28. The summed E-state index contributed by atoms with van der Waals surface area (Å²) in [5, 5.41) is 3.46. The van der Waals surface area contributed by atoms with Gasteiger partial charge < -0.3 is 24.4 Å². The molecule has 0 aromatic heterocycles. The molecule has 0 saturated carbocycles. The first-order chi connectivity index (χ1) is 15.7. The minimum atomic E-state index is 0. The fourth-order valence-electron chi connectivity index (χ4n) is 4.01. The molecule has 0 aliphatic carbocycles. The van der Waals surface area contributed by atoms with Crippen LogP contribution in [-0.4, -0.2) is 57.9 Å². The van der Waals surface area contributed by atoms with E-state index in [9.17, 15) is 0 Å². The zero-order valence-corrected chi connectivity index (χ0v) is 22.4. The van der Waals surface area contributed by atoms with Crippen LogP contribution in [0.5, 0.6) is 11.5 Å². The molecular weight excluding hydrogens is 529 g/mol. The number of nitrogens with one attached hydrogen (secondary N) is 1. The van der Waals surface area contributed by atoms with Crippen LogP contribution < -0.4 is 14.8 Å². The van der Waals surface area contributed by atoms with Gasteiger partial charge in [-0.3, -0.25) is 4.99 Å². The Morgan fingerprint density at radius 3 is 2.58 bits per heavy atom. The highest BCUT2D eigenvalue weighted by Gasteiger charge is 2.24. The Morgan fingerprint density at radius 2 is 1.85 bits per heavy atom. The Balaban J connectivity index is 0.00000385. The first kappa shape index (κ1) is 27.2. The minimum absolute atomic E-state index is 0. The third kappa shape index (κ3) is 8.70. The first-order valence-electron chi connectivity index (χ1n) is 11.6. The monoisotopic (exact) mass is 567 g/mol. The summed E-state index contributed by atoms with van der Waals surface area (Å²) in [5.41, 5.74) is 2.46. The van der Waals surface area contributed by atoms with Crippen molar-refractivity contribution in [2.24, 2.45) is 10.9 Å². The molecule has 2 aromatic carbocycles. The van der Waals surface area contributed by atoms with Crippen molar-refractivity contribution in [1.82, 2.24) is 10.2 Å². The van der Waals surface area contributed by atoms with Gasteiger partial charge in [0.15, 0.2) is 17.5 Å². The van der Waals surface area contributed by atoms with Gasteiger partial charge in [0, 0.05) is 32.1 Å². The molecule has 0 spiro atoms. The van der Waals surface area contributed by atoms with E-state index in [-0.39, 0.29) is 24.0 Å². The number of benzene rings is 2. The molecule has 33 heavy (non-hydrogen) atoms. The van der Waals surface area contributed by atoms with Crippen molar-refractivity contribution in [3.8, 4) is 11.5 Å². The summed E-state index contributed by atoms with van der Waals surface area (Å²) in [4.78, 5) is 7.26. The van der Waals surface area contributed by atoms with Crippen LogP contribution >= 0.6 is 24.0 Å². The standard InChI is InChI=1S/C26H37N3O3.HI/c1-4-27-26(28-15-8-11-21-12-13-24(30-2)25(17-21)31-3)29-16-14-23(18-29)20-32-19-22-9-6-5-7-10-22;/h5-7,9-10,12-13,17,23H,4,8,11,14-16,18-20H2,1-3H3,(H,27,28);1H.